The minimum absolute atomic E-state index is 0.0409. The van der Waals surface area contributed by atoms with Gasteiger partial charge in [0.1, 0.15) is 0 Å². The van der Waals surface area contributed by atoms with Gasteiger partial charge in [0.05, 0.1) is 5.56 Å². The van der Waals surface area contributed by atoms with Crippen LogP contribution in [0.5, 0.6) is 0 Å². The van der Waals surface area contributed by atoms with E-state index in [-0.39, 0.29) is 18.0 Å². The quantitative estimate of drug-likeness (QED) is 0.744. The van der Waals surface area contributed by atoms with Crippen molar-refractivity contribution in [1.82, 2.24) is 15.1 Å². The predicted molar refractivity (Wildman–Crippen MR) is 121 cm³/mol. The lowest BCUT2D eigenvalue weighted by Gasteiger charge is -2.37. The van der Waals surface area contributed by atoms with E-state index in [9.17, 15) is 9.59 Å². The van der Waals surface area contributed by atoms with Crippen LogP contribution in [-0.4, -0.2) is 61.0 Å². The summed E-state index contributed by atoms with van der Waals surface area (Å²) in [4.78, 5) is 31.2. The van der Waals surface area contributed by atoms with E-state index in [1.54, 1.807) is 18.0 Å². The van der Waals surface area contributed by atoms with E-state index >= 15 is 0 Å². The van der Waals surface area contributed by atoms with Crippen molar-refractivity contribution in [3.63, 3.8) is 0 Å². The van der Waals surface area contributed by atoms with E-state index in [1.165, 1.54) is 0 Å². The Kier molecular flexibility index (Phi) is 6.82. The van der Waals surface area contributed by atoms with E-state index in [0.717, 1.165) is 11.3 Å². The molecule has 160 valence electrons. The normalized spacial score (nSPS) is 14.0. The molecule has 2 aromatic rings. The zero-order valence-corrected chi connectivity index (χ0v) is 18.0. The number of hydrogen-bond donors (Lipinski definition) is 2. The van der Waals surface area contributed by atoms with Crippen molar-refractivity contribution in [2.75, 3.05) is 43.9 Å². The summed E-state index contributed by atoms with van der Waals surface area (Å²) in [6, 6.07) is 15.4. The van der Waals surface area contributed by atoms with Crippen molar-refractivity contribution in [3.05, 3.63) is 59.7 Å². The molecule has 3 amide bonds. The minimum Gasteiger partial charge on any atom is -0.399 e. The number of rotatable bonds is 5. The SMILES string of the molecule is CC(C)NC(=O)N1CCN(c2ccc(N)cc2C(=O)N(C)Cc2ccccc2)CC1. The highest BCUT2D eigenvalue weighted by Gasteiger charge is 2.25. The molecule has 1 heterocycles. The Hall–Kier alpha value is -3.22. The van der Waals surface area contributed by atoms with Crippen LogP contribution >= 0.6 is 0 Å². The van der Waals surface area contributed by atoms with E-state index in [4.69, 9.17) is 5.73 Å². The third kappa shape index (κ3) is 5.23. The van der Waals surface area contributed by atoms with Gasteiger partial charge in [0, 0.05) is 57.2 Å². The molecule has 0 radical (unpaired) electrons. The van der Waals surface area contributed by atoms with Crippen LogP contribution in [0.1, 0.15) is 29.8 Å². The maximum Gasteiger partial charge on any atom is 0.317 e. The highest BCUT2D eigenvalue weighted by Crippen LogP contribution is 2.26. The number of carbonyl (C=O) groups excluding carboxylic acids is 2. The van der Waals surface area contributed by atoms with Gasteiger partial charge in [-0.05, 0) is 37.6 Å². The Labute approximate surface area is 178 Å². The van der Waals surface area contributed by atoms with Gasteiger partial charge in [-0.15, -0.1) is 0 Å². The van der Waals surface area contributed by atoms with Gasteiger partial charge in [0.2, 0.25) is 0 Å². The summed E-state index contributed by atoms with van der Waals surface area (Å²) in [5, 5.41) is 2.93. The number of nitrogens with two attached hydrogens (primary N) is 1. The molecular weight excluding hydrogens is 378 g/mol. The van der Waals surface area contributed by atoms with Gasteiger partial charge < -0.3 is 25.8 Å². The van der Waals surface area contributed by atoms with Crippen LogP contribution in [-0.2, 0) is 6.54 Å². The molecule has 1 saturated heterocycles. The average molecular weight is 410 g/mol. The van der Waals surface area contributed by atoms with Gasteiger partial charge >= 0.3 is 6.03 Å². The summed E-state index contributed by atoms with van der Waals surface area (Å²) in [5.41, 5.74) is 9.09. The first-order chi connectivity index (χ1) is 14.3. The molecule has 3 rings (SSSR count). The second kappa shape index (κ2) is 9.52. The van der Waals surface area contributed by atoms with Crippen LogP contribution in [0.25, 0.3) is 0 Å². The Morgan fingerprint density at radius 1 is 1.07 bits per heavy atom. The third-order valence-corrected chi connectivity index (χ3v) is 5.18. The summed E-state index contributed by atoms with van der Waals surface area (Å²) < 4.78 is 0. The van der Waals surface area contributed by atoms with Crippen molar-refractivity contribution >= 4 is 23.3 Å². The zero-order chi connectivity index (χ0) is 21.7. The standard InChI is InChI=1S/C23H31N5O2/c1-17(2)25-23(30)28-13-11-27(12-14-28)21-10-9-19(24)15-20(21)22(29)26(3)16-18-7-5-4-6-8-18/h4-10,15,17H,11-14,16,24H2,1-3H3,(H,25,30). The number of nitrogens with one attached hydrogen (secondary N) is 1. The van der Waals surface area contributed by atoms with Gasteiger partial charge in [-0.25, -0.2) is 4.79 Å². The summed E-state index contributed by atoms with van der Waals surface area (Å²) in [6.07, 6.45) is 0. The Balaban J connectivity index is 1.73. The van der Waals surface area contributed by atoms with Gasteiger partial charge in [0.15, 0.2) is 0 Å². The van der Waals surface area contributed by atoms with E-state index < -0.39 is 0 Å². The number of urea groups is 1. The fourth-order valence-electron chi connectivity index (χ4n) is 3.62. The number of piperazine rings is 1. The molecule has 7 heteroatoms. The molecule has 30 heavy (non-hydrogen) atoms. The summed E-state index contributed by atoms with van der Waals surface area (Å²) in [5.74, 6) is -0.0684. The molecular formula is C23H31N5O2. The van der Waals surface area contributed by atoms with Crippen molar-refractivity contribution < 1.29 is 9.59 Å². The molecule has 0 spiro atoms. The van der Waals surface area contributed by atoms with Crippen molar-refractivity contribution in [3.8, 4) is 0 Å². The minimum atomic E-state index is -0.0684. The highest BCUT2D eigenvalue weighted by molar-refractivity contribution is 6.00. The van der Waals surface area contributed by atoms with Crippen molar-refractivity contribution in [1.29, 1.82) is 0 Å². The van der Waals surface area contributed by atoms with E-state index in [0.29, 0.717) is 44.0 Å². The summed E-state index contributed by atoms with van der Waals surface area (Å²) in [6.45, 7) is 6.97. The Morgan fingerprint density at radius 2 is 1.73 bits per heavy atom. The molecule has 0 saturated carbocycles. The molecule has 0 bridgehead atoms. The third-order valence-electron chi connectivity index (χ3n) is 5.18. The molecule has 3 N–H and O–H groups in total. The first-order valence-corrected chi connectivity index (χ1v) is 10.3. The number of nitrogen functional groups attached to an aromatic ring is 1. The number of anilines is 2. The molecule has 7 nitrogen and oxygen atoms in total. The lowest BCUT2D eigenvalue weighted by atomic mass is 10.1. The number of amides is 3. The van der Waals surface area contributed by atoms with Crippen LogP contribution in [0.15, 0.2) is 48.5 Å². The molecule has 2 aromatic carbocycles. The fraction of sp³-hybridized carbons (Fsp3) is 0.391. The monoisotopic (exact) mass is 409 g/mol. The average Bonchev–Trinajstić information content (AvgIpc) is 2.73. The first kappa shape index (κ1) is 21.5. The smallest absolute Gasteiger partial charge is 0.317 e. The molecule has 0 unspecified atom stereocenters. The summed E-state index contributed by atoms with van der Waals surface area (Å²) in [7, 11) is 1.80. The Morgan fingerprint density at radius 3 is 2.37 bits per heavy atom. The number of carbonyl (C=O) groups is 2. The number of hydrogen-bond acceptors (Lipinski definition) is 4. The highest BCUT2D eigenvalue weighted by atomic mass is 16.2. The van der Waals surface area contributed by atoms with Crippen LogP contribution in [0, 0.1) is 0 Å². The van der Waals surface area contributed by atoms with E-state index in [2.05, 4.69) is 10.2 Å². The lowest BCUT2D eigenvalue weighted by Crippen LogP contribution is -2.53. The van der Waals surface area contributed by atoms with Crippen LogP contribution in [0.2, 0.25) is 0 Å². The van der Waals surface area contributed by atoms with Gasteiger partial charge in [-0.2, -0.15) is 0 Å². The molecule has 1 aliphatic rings. The zero-order valence-electron chi connectivity index (χ0n) is 18.0. The summed E-state index contributed by atoms with van der Waals surface area (Å²) >= 11 is 0. The first-order valence-electron chi connectivity index (χ1n) is 10.3. The second-order valence-corrected chi connectivity index (χ2v) is 8.00. The van der Waals surface area contributed by atoms with Gasteiger partial charge in [-0.3, -0.25) is 4.79 Å². The van der Waals surface area contributed by atoms with Gasteiger partial charge in [-0.1, -0.05) is 30.3 Å². The molecule has 0 aromatic heterocycles. The number of benzene rings is 2. The lowest BCUT2D eigenvalue weighted by molar-refractivity contribution is 0.0785. The molecule has 0 atom stereocenters. The van der Waals surface area contributed by atoms with Crippen LogP contribution in [0.4, 0.5) is 16.2 Å². The van der Waals surface area contributed by atoms with Gasteiger partial charge in [0.25, 0.3) is 5.91 Å². The fourth-order valence-corrected chi connectivity index (χ4v) is 3.62. The van der Waals surface area contributed by atoms with Crippen molar-refractivity contribution in [2.24, 2.45) is 0 Å². The molecule has 1 fully saturated rings. The predicted octanol–water partition coefficient (Wildman–Crippen LogP) is 2.78. The van der Waals surface area contributed by atoms with Crippen molar-refractivity contribution in [2.45, 2.75) is 26.4 Å². The second-order valence-electron chi connectivity index (χ2n) is 8.00. The van der Waals surface area contributed by atoms with Crippen LogP contribution in [0.3, 0.4) is 0 Å². The molecule has 0 aliphatic carbocycles. The maximum atomic E-state index is 13.2. The molecule has 1 aliphatic heterocycles. The maximum absolute atomic E-state index is 13.2. The Bertz CT molecular complexity index is 876. The number of nitrogens with zero attached hydrogens (tertiary/aromatic N) is 3. The largest absolute Gasteiger partial charge is 0.399 e. The van der Waals surface area contributed by atoms with Crippen LogP contribution < -0.4 is 16.0 Å². The topological polar surface area (TPSA) is 81.9 Å². The van der Waals surface area contributed by atoms with E-state index in [1.807, 2.05) is 61.2 Å².